The van der Waals surface area contributed by atoms with Crippen LogP contribution < -0.4 is 5.32 Å². The maximum absolute atomic E-state index is 10.7. The molecular weight excluding hydrogens is 202 g/mol. The average molecular weight is 214 g/mol. The summed E-state index contributed by atoms with van der Waals surface area (Å²) in [5, 5.41) is 6.63. The third-order valence-electron chi connectivity index (χ3n) is 1.57. The molecule has 5 heteroatoms. The van der Waals surface area contributed by atoms with E-state index in [-0.39, 0.29) is 11.8 Å². The second-order valence-corrected chi connectivity index (χ2v) is 3.05. The van der Waals surface area contributed by atoms with Gasteiger partial charge < -0.3 is 5.32 Å². The lowest BCUT2D eigenvalue weighted by atomic mass is 10.3. The predicted molar refractivity (Wildman–Crippen MR) is 56.0 cm³/mol. The average Bonchev–Trinajstić information content (AvgIpc) is 2.58. The van der Waals surface area contributed by atoms with Crippen LogP contribution in [0.2, 0.25) is 0 Å². The molecule has 0 spiro atoms. The number of halogens is 1. The summed E-state index contributed by atoms with van der Waals surface area (Å²) in [4.78, 5) is 10.7. The molecule has 0 atom stereocenters. The highest BCUT2D eigenvalue weighted by Gasteiger charge is 1.93. The fourth-order valence-electron chi connectivity index (χ4n) is 0.941. The predicted octanol–water partition coefficient (Wildman–Crippen LogP) is 0.788. The fourth-order valence-corrected chi connectivity index (χ4v) is 1.04. The number of aryl methyl sites for hydroxylation is 1. The van der Waals surface area contributed by atoms with Gasteiger partial charge in [-0.3, -0.25) is 9.48 Å². The van der Waals surface area contributed by atoms with Gasteiger partial charge in [0, 0.05) is 25.4 Å². The molecule has 1 rings (SSSR count). The van der Waals surface area contributed by atoms with E-state index in [4.69, 9.17) is 11.6 Å². The van der Waals surface area contributed by atoms with Crippen molar-refractivity contribution in [3.8, 4) is 0 Å². The Labute approximate surface area is 87.6 Å². The zero-order valence-electron chi connectivity index (χ0n) is 7.90. The molecule has 0 saturated carbocycles. The van der Waals surface area contributed by atoms with Crippen molar-refractivity contribution >= 4 is 23.6 Å². The van der Waals surface area contributed by atoms with Gasteiger partial charge >= 0.3 is 0 Å². The van der Waals surface area contributed by atoms with E-state index in [9.17, 15) is 4.79 Å². The van der Waals surface area contributed by atoms with Gasteiger partial charge in [0.2, 0.25) is 5.91 Å². The molecule has 0 fully saturated rings. The van der Waals surface area contributed by atoms with Crippen LogP contribution in [0.3, 0.4) is 0 Å². The van der Waals surface area contributed by atoms with Gasteiger partial charge in [-0.25, -0.2) is 0 Å². The van der Waals surface area contributed by atoms with E-state index in [0.29, 0.717) is 6.54 Å². The molecule has 0 bridgehead atoms. The molecule has 0 unspecified atom stereocenters. The Balaban J connectivity index is 2.31. The Morgan fingerprint density at radius 2 is 2.57 bits per heavy atom. The van der Waals surface area contributed by atoms with Crippen LogP contribution in [0.5, 0.6) is 0 Å². The van der Waals surface area contributed by atoms with Crippen LogP contribution in [0.25, 0.3) is 6.08 Å². The van der Waals surface area contributed by atoms with Crippen molar-refractivity contribution in [3.05, 3.63) is 24.0 Å². The van der Waals surface area contributed by atoms with Crippen LogP contribution in [0, 0.1) is 0 Å². The number of aromatic nitrogens is 2. The van der Waals surface area contributed by atoms with E-state index in [1.54, 1.807) is 10.9 Å². The van der Waals surface area contributed by atoms with Crippen molar-refractivity contribution in [1.29, 1.82) is 0 Å². The fraction of sp³-hybridized carbons (Fsp3) is 0.333. The first kappa shape index (κ1) is 10.8. The van der Waals surface area contributed by atoms with Crippen LogP contribution in [-0.2, 0) is 11.8 Å². The van der Waals surface area contributed by atoms with Gasteiger partial charge in [0.15, 0.2) is 0 Å². The highest BCUT2D eigenvalue weighted by atomic mass is 35.5. The van der Waals surface area contributed by atoms with Crippen molar-refractivity contribution in [1.82, 2.24) is 15.1 Å². The Morgan fingerprint density at radius 1 is 1.79 bits per heavy atom. The Bertz CT molecular complexity index is 333. The summed E-state index contributed by atoms with van der Waals surface area (Å²) in [5.41, 5.74) is 1.01. The molecule has 0 radical (unpaired) electrons. The molecule has 0 aliphatic carbocycles. The van der Waals surface area contributed by atoms with Gasteiger partial charge in [-0.05, 0) is 0 Å². The first-order chi connectivity index (χ1) is 6.72. The van der Waals surface area contributed by atoms with E-state index in [2.05, 4.69) is 10.4 Å². The van der Waals surface area contributed by atoms with Gasteiger partial charge in [0.05, 0.1) is 6.20 Å². The molecule has 1 heterocycles. The minimum absolute atomic E-state index is 0.000727. The number of carbonyl (C=O) groups excluding carboxylic acids is 1. The van der Waals surface area contributed by atoms with E-state index in [0.717, 1.165) is 5.56 Å². The number of rotatable bonds is 4. The van der Waals surface area contributed by atoms with Crippen LogP contribution in [0.1, 0.15) is 5.56 Å². The smallest absolute Gasteiger partial charge is 0.235 e. The van der Waals surface area contributed by atoms with Gasteiger partial charge in [0.25, 0.3) is 0 Å². The molecule has 1 N–H and O–H groups in total. The van der Waals surface area contributed by atoms with Gasteiger partial charge in [-0.2, -0.15) is 5.10 Å². The number of carbonyl (C=O) groups is 1. The van der Waals surface area contributed by atoms with Crippen molar-refractivity contribution in [2.45, 2.75) is 0 Å². The first-order valence-electron chi connectivity index (χ1n) is 4.20. The summed E-state index contributed by atoms with van der Waals surface area (Å²) >= 11 is 5.30. The number of amides is 1. The minimum atomic E-state index is -0.164. The zero-order chi connectivity index (χ0) is 10.4. The molecule has 0 saturated heterocycles. The molecular formula is C9H12ClN3O. The standard InChI is InChI=1S/C9H12ClN3O/c1-13-7-8(6-12-13)3-2-4-11-9(14)5-10/h2-3,6-7H,4-5H2,1H3,(H,11,14)/b3-2+. The summed E-state index contributed by atoms with van der Waals surface area (Å²) in [5.74, 6) is -0.164. The lowest BCUT2D eigenvalue weighted by Crippen LogP contribution is -2.24. The van der Waals surface area contributed by atoms with Crippen molar-refractivity contribution in [2.24, 2.45) is 7.05 Å². The number of hydrogen-bond acceptors (Lipinski definition) is 2. The number of hydrogen-bond donors (Lipinski definition) is 1. The summed E-state index contributed by atoms with van der Waals surface area (Å²) in [6, 6.07) is 0. The third-order valence-corrected chi connectivity index (χ3v) is 1.82. The molecule has 1 amide bonds. The van der Waals surface area contributed by atoms with Crippen LogP contribution >= 0.6 is 11.6 Å². The van der Waals surface area contributed by atoms with Crippen LogP contribution in [-0.4, -0.2) is 28.1 Å². The lowest BCUT2D eigenvalue weighted by molar-refractivity contribution is -0.118. The molecule has 0 aliphatic rings. The Kier molecular flexibility index (Phi) is 4.19. The number of nitrogens with zero attached hydrogens (tertiary/aromatic N) is 2. The third kappa shape index (κ3) is 3.62. The molecule has 0 aliphatic heterocycles. The van der Waals surface area contributed by atoms with Crippen LogP contribution in [0.15, 0.2) is 18.5 Å². The SMILES string of the molecule is Cn1cc(/C=C/CNC(=O)CCl)cn1. The molecule has 0 aromatic carbocycles. The largest absolute Gasteiger partial charge is 0.352 e. The number of alkyl halides is 1. The summed E-state index contributed by atoms with van der Waals surface area (Å²) < 4.78 is 1.72. The summed E-state index contributed by atoms with van der Waals surface area (Å²) in [7, 11) is 1.85. The normalized spacial score (nSPS) is 10.7. The van der Waals surface area contributed by atoms with E-state index < -0.39 is 0 Å². The summed E-state index contributed by atoms with van der Waals surface area (Å²) in [6.07, 6.45) is 7.38. The monoisotopic (exact) mass is 213 g/mol. The quantitative estimate of drug-likeness (QED) is 0.752. The maximum Gasteiger partial charge on any atom is 0.235 e. The van der Waals surface area contributed by atoms with Gasteiger partial charge in [0.1, 0.15) is 5.88 Å². The van der Waals surface area contributed by atoms with Gasteiger partial charge in [-0.15, -0.1) is 11.6 Å². The highest BCUT2D eigenvalue weighted by Crippen LogP contribution is 1.97. The molecule has 14 heavy (non-hydrogen) atoms. The van der Waals surface area contributed by atoms with Crippen molar-refractivity contribution < 1.29 is 4.79 Å². The topological polar surface area (TPSA) is 46.9 Å². The Morgan fingerprint density at radius 3 is 3.14 bits per heavy atom. The van der Waals surface area contributed by atoms with E-state index in [1.165, 1.54) is 0 Å². The van der Waals surface area contributed by atoms with E-state index >= 15 is 0 Å². The highest BCUT2D eigenvalue weighted by molar-refractivity contribution is 6.27. The second-order valence-electron chi connectivity index (χ2n) is 2.79. The Hall–Kier alpha value is -1.29. The maximum atomic E-state index is 10.7. The molecule has 1 aromatic rings. The molecule has 76 valence electrons. The lowest BCUT2D eigenvalue weighted by Gasteiger charge is -1.95. The van der Waals surface area contributed by atoms with Crippen LogP contribution in [0.4, 0.5) is 0 Å². The zero-order valence-corrected chi connectivity index (χ0v) is 8.66. The summed E-state index contributed by atoms with van der Waals surface area (Å²) in [6.45, 7) is 0.487. The second kappa shape index (κ2) is 5.44. The molecule has 1 aromatic heterocycles. The van der Waals surface area contributed by atoms with Crippen molar-refractivity contribution in [2.75, 3.05) is 12.4 Å². The van der Waals surface area contributed by atoms with Crippen molar-refractivity contribution in [3.63, 3.8) is 0 Å². The van der Waals surface area contributed by atoms with E-state index in [1.807, 2.05) is 25.4 Å². The van der Waals surface area contributed by atoms with Gasteiger partial charge in [-0.1, -0.05) is 12.2 Å². The number of nitrogens with one attached hydrogen (secondary N) is 1. The first-order valence-corrected chi connectivity index (χ1v) is 4.73. The molecule has 4 nitrogen and oxygen atoms in total. The minimum Gasteiger partial charge on any atom is -0.352 e.